The quantitative estimate of drug-likeness (QED) is 0.268. The summed E-state index contributed by atoms with van der Waals surface area (Å²) < 4.78 is 0. The van der Waals surface area contributed by atoms with Gasteiger partial charge >= 0.3 is 17.1 Å². The van der Waals surface area contributed by atoms with Gasteiger partial charge in [0, 0.05) is 0 Å². The maximum atomic E-state index is 2.26. The summed E-state index contributed by atoms with van der Waals surface area (Å²) in [5.74, 6) is 0. The van der Waals surface area contributed by atoms with E-state index in [1.54, 1.807) is 0 Å². The smallest absolute Gasteiger partial charge is 0.428 e. The molecule has 0 amide bonds. The predicted octanol–water partition coefficient (Wildman–Crippen LogP) is 4.63. The first-order valence-corrected chi connectivity index (χ1v) is 10.1. The minimum Gasteiger partial charge on any atom is -0.428 e. The zero-order chi connectivity index (χ0) is 18.2. The number of nitrogens with zero attached hydrogens (tertiary/aromatic N) is 1. The van der Waals surface area contributed by atoms with E-state index in [-0.39, 0.29) is 17.1 Å². The number of benzene rings is 2. The molecule has 138 valence electrons. The normalized spacial score (nSPS) is 9.89. The third kappa shape index (κ3) is 5.68. The van der Waals surface area contributed by atoms with Gasteiger partial charge in [-0.15, -0.1) is 5.30 Å². The predicted molar refractivity (Wildman–Crippen MR) is 117 cm³/mol. The minimum absolute atomic E-state index is 0. The van der Waals surface area contributed by atoms with E-state index >= 15 is 0 Å². The molecule has 4 aromatic rings. The van der Waals surface area contributed by atoms with Crippen molar-refractivity contribution < 1.29 is 17.1 Å². The fourth-order valence-electron chi connectivity index (χ4n) is 2.87. The topological polar surface area (TPSA) is 3.24 Å². The molecule has 3 heteroatoms. The molecule has 0 fully saturated rings. The standard InChI is InChI=1S/C19H19NP.C5H5.Fe/c1-20(2)18-14-9-15-19(18)21(16-10-5-3-6-11-16)17-12-7-4-8-13-17;1-2-4-5-3-1;/h3-15H,1-2H3;1-5H;/q2*-1;+2. The van der Waals surface area contributed by atoms with Crippen molar-refractivity contribution >= 4 is 29.5 Å². The first-order valence-electron chi connectivity index (χ1n) is 8.77. The van der Waals surface area contributed by atoms with Crippen molar-refractivity contribution in [2.75, 3.05) is 19.0 Å². The summed E-state index contributed by atoms with van der Waals surface area (Å²) in [6.07, 6.45) is 0. The maximum Gasteiger partial charge on any atom is 2.00 e. The first-order chi connectivity index (χ1) is 12.8. The Hall–Kier alpha value is -2.11. The van der Waals surface area contributed by atoms with Gasteiger partial charge in [0.1, 0.15) is 0 Å². The van der Waals surface area contributed by atoms with Gasteiger partial charge in [-0.2, -0.15) is 24.3 Å². The largest absolute Gasteiger partial charge is 2.00 e. The molecule has 0 saturated heterocycles. The van der Waals surface area contributed by atoms with E-state index in [0.717, 1.165) is 0 Å². The van der Waals surface area contributed by atoms with Crippen molar-refractivity contribution in [2.24, 2.45) is 0 Å². The fourth-order valence-corrected chi connectivity index (χ4v) is 5.40. The molecule has 0 aliphatic carbocycles. The first kappa shape index (κ1) is 21.2. The van der Waals surface area contributed by atoms with E-state index < -0.39 is 7.92 Å². The fraction of sp³-hybridized carbons (Fsp3) is 0.0833. The molecule has 0 aromatic heterocycles. The van der Waals surface area contributed by atoms with Gasteiger partial charge in [-0.1, -0.05) is 66.4 Å². The average molecular weight is 413 g/mol. The van der Waals surface area contributed by atoms with Gasteiger partial charge in [0.25, 0.3) is 0 Å². The van der Waals surface area contributed by atoms with E-state index in [4.69, 9.17) is 0 Å². The van der Waals surface area contributed by atoms with Gasteiger partial charge in [-0.05, 0) is 32.6 Å². The van der Waals surface area contributed by atoms with Crippen LogP contribution < -0.4 is 20.8 Å². The van der Waals surface area contributed by atoms with E-state index in [2.05, 4.69) is 97.9 Å². The molecule has 0 bridgehead atoms. The van der Waals surface area contributed by atoms with Gasteiger partial charge in [-0.25, -0.2) is 24.3 Å². The summed E-state index contributed by atoms with van der Waals surface area (Å²) in [6.45, 7) is 0. The van der Waals surface area contributed by atoms with Gasteiger partial charge in [0.2, 0.25) is 0 Å². The van der Waals surface area contributed by atoms with Crippen LogP contribution in [0.25, 0.3) is 0 Å². The van der Waals surface area contributed by atoms with Crippen LogP contribution in [-0.2, 0) is 17.1 Å². The number of rotatable bonds is 4. The van der Waals surface area contributed by atoms with Crippen LogP contribution in [0, 0.1) is 0 Å². The Kier molecular flexibility index (Phi) is 8.55. The van der Waals surface area contributed by atoms with Crippen LogP contribution in [0.3, 0.4) is 0 Å². The van der Waals surface area contributed by atoms with Crippen LogP contribution in [0.5, 0.6) is 0 Å². The molecule has 0 N–H and O–H groups in total. The zero-order valence-corrected chi connectivity index (χ0v) is 17.6. The average Bonchev–Trinajstić information content (AvgIpc) is 3.39. The van der Waals surface area contributed by atoms with E-state index in [1.165, 1.54) is 21.6 Å². The van der Waals surface area contributed by atoms with Gasteiger partial charge < -0.3 is 4.90 Å². The van der Waals surface area contributed by atoms with Crippen molar-refractivity contribution in [1.29, 1.82) is 0 Å². The third-order valence-electron chi connectivity index (χ3n) is 4.08. The SMILES string of the molecule is CN(C)[c-]1cccc1P(c1ccccc1)c1ccccc1.[Fe+2].c1cc[cH-]c1. The van der Waals surface area contributed by atoms with E-state index in [1.807, 2.05) is 30.3 Å². The van der Waals surface area contributed by atoms with Gasteiger partial charge in [0.15, 0.2) is 0 Å². The molecular weight excluding hydrogens is 389 g/mol. The molecule has 4 aromatic carbocycles. The molecule has 0 aliphatic heterocycles. The second kappa shape index (κ2) is 10.9. The Morgan fingerprint density at radius 3 is 1.63 bits per heavy atom. The van der Waals surface area contributed by atoms with Crippen LogP contribution in [0.1, 0.15) is 0 Å². The molecular formula is C24H24FeNP. The summed E-state index contributed by atoms with van der Waals surface area (Å²) in [5.41, 5.74) is 1.31. The summed E-state index contributed by atoms with van der Waals surface area (Å²) in [7, 11) is 3.72. The summed E-state index contributed by atoms with van der Waals surface area (Å²) in [5, 5.41) is 4.22. The molecule has 27 heavy (non-hydrogen) atoms. The Morgan fingerprint density at radius 2 is 1.22 bits per heavy atom. The number of hydrogen-bond acceptors (Lipinski definition) is 1. The number of hydrogen-bond donors (Lipinski definition) is 0. The number of anilines is 1. The Bertz CT molecular complexity index is 810. The molecule has 0 spiro atoms. The van der Waals surface area contributed by atoms with E-state index in [9.17, 15) is 0 Å². The van der Waals surface area contributed by atoms with Crippen molar-refractivity contribution in [3.8, 4) is 0 Å². The zero-order valence-electron chi connectivity index (χ0n) is 15.6. The third-order valence-corrected chi connectivity index (χ3v) is 6.57. The Morgan fingerprint density at radius 1 is 0.704 bits per heavy atom. The monoisotopic (exact) mass is 413 g/mol. The molecule has 0 unspecified atom stereocenters. The maximum absolute atomic E-state index is 2.26. The van der Waals surface area contributed by atoms with Crippen molar-refractivity contribution in [1.82, 2.24) is 0 Å². The summed E-state index contributed by atoms with van der Waals surface area (Å²) in [4.78, 5) is 2.20. The summed E-state index contributed by atoms with van der Waals surface area (Å²) in [6, 6.07) is 38.3. The van der Waals surface area contributed by atoms with Crippen molar-refractivity contribution in [3.05, 3.63) is 109 Å². The van der Waals surface area contributed by atoms with Crippen LogP contribution in [0.15, 0.2) is 109 Å². The second-order valence-corrected chi connectivity index (χ2v) is 8.34. The van der Waals surface area contributed by atoms with Crippen LogP contribution in [0.4, 0.5) is 5.69 Å². The molecule has 1 nitrogen and oxygen atoms in total. The van der Waals surface area contributed by atoms with Crippen LogP contribution in [-0.4, -0.2) is 14.1 Å². The Labute approximate surface area is 174 Å². The molecule has 0 aliphatic rings. The van der Waals surface area contributed by atoms with Crippen molar-refractivity contribution in [2.45, 2.75) is 0 Å². The van der Waals surface area contributed by atoms with Crippen LogP contribution in [0.2, 0.25) is 0 Å². The minimum atomic E-state index is -0.504. The molecule has 0 heterocycles. The van der Waals surface area contributed by atoms with Gasteiger partial charge in [-0.3, -0.25) is 0 Å². The molecule has 0 radical (unpaired) electrons. The molecule has 0 atom stereocenters. The van der Waals surface area contributed by atoms with E-state index in [0.29, 0.717) is 0 Å². The second-order valence-electron chi connectivity index (χ2n) is 6.16. The molecule has 0 saturated carbocycles. The van der Waals surface area contributed by atoms with Crippen molar-refractivity contribution in [3.63, 3.8) is 0 Å². The molecule has 4 rings (SSSR count). The Balaban J connectivity index is 0.000000379. The van der Waals surface area contributed by atoms with Gasteiger partial charge in [0.05, 0.1) is 0 Å². The van der Waals surface area contributed by atoms with Crippen LogP contribution >= 0.6 is 7.92 Å². The summed E-state index contributed by atoms with van der Waals surface area (Å²) >= 11 is 0.